The van der Waals surface area contributed by atoms with Gasteiger partial charge in [0, 0.05) is 32.7 Å². The molecular formula is C18H27N3O3. The lowest BCUT2D eigenvalue weighted by Gasteiger charge is -2.32. The molecule has 132 valence electrons. The molecule has 0 aliphatic carbocycles. The molecule has 3 amide bonds. The summed E-state index contributed by atoms with van der Waals surface area (Å²) in [7, 11) is 1.80. The summed E-state index contributed by atoms with van der Waals surface area (Å²) in [5.41, 5.74) is 2.33. The van der Waals surface area contributed by atoms with Crippen molar-refractivity contribution in [1.82, 2.24) is 15.1 Å². The zero-order valence-corrected chi connectivity index (χ0v) is 14.7. The Balaban J connectivity index is 1.79. The van der Waals surface area contributed by atoms with E-state index in [0.29, 0.717) is 26.2 Å². The molecule has 24 heavy (non-hydrogen) atoms. The minimum Gasteiger partial charge on any atom is -0.450 e. The summed E-state index contributed by atoms with van der Waals surface area (Å²) in [5, 5.41) is 3.06. The van der Waals surface area contributed by atoms with E-state index in [2.05, 4.69) is 5.32 Å². The van der Waals surface area contributed by atoms with Crippen LogP contribution in [0.2, 0.25) is 0 Å². The fraction of sp³-hybridized carbons (Fsp3) is 0.556. The molecule has 1 fully saturated rings. The van der Waals surface area contributed by atoms with Gasteiger partial charge >= 0.3 is 12.1 Å². The predicted molar refractivity (Wildman–Crippen MR) is 92.8 cm³/mol. The summed E-state index contributed by atoms with van der Waals surface area (Å²) < 4.78 is 5.00. The molecule has 1 aromatic carbocycles. The van der Waals surface area contributed by atoms with E-state index in [9.17, 15) is 9.59 Å². The highest BCUT2D eigenvalue weighted by molar-refractivity contribution is 5.74. The number of nitrogens with one attached hydrogen (secondary N) is 1. The van der Waals surface area contributed by atoms with Crippen LogP contribution in [0.3, 0.4) is 0 Å². The topological polar surface area (TPSA) is 61.9 Å². The van der Waals surface area contributed by atoms with E-state index in [0.717, 1.165) is 18.4 Å². The lowest BCUT2D eigenvalue weighted by atomic mass is 10.1. The molecule has 0 bridgehead atoms. The molecule has 2 rings (SSSR count). The Morgan fingerprint density at radius 1 is 1.29 bits per heavy atom. The Kier molecular flexibility index (Phi) is 6.46. The second kappa shape index (κ2) is 8.57. The van der Waals surface area contributed by atoms with Crippen LogP contribution in [-0.4, -0.2) is 54.7 Å². The first kappa shape index (κ1) is 18.1. The molecule has 1 aliphatic heterocycles. The standard InChI is InChI=1S/C18H27N3O3/c1-4-24-18(23)21-11-9-16(10-12-21)19-17(22)20(3)13-15-8-6-5-7-14(15)2/h5-8,16H,4,9-13H2,1-3H3,(H,19,22). The highest BCUT2D eigenvalue weighted by atomic mass is 16.6. The quantitative estimate of drug-likeness (QED) is 0.921. The molecule has 1 saturated heterocycles. The van der Waals surface area contributed by atoms with Crippen molar-refractivity contribution in [2.75, 3.05) is 26.7 Å². The summed E-state index contributed by atoms with van der Waals surface area (Å²) in [6.45, 7) is 6.05. The van der Waals surface area contributed by atoms with E-state index in [1.807, 2.05) is 31.2 Å². The Morgan fingerprint density at radius 2 is 1.96 bits per heavy atom. The van der Waals surface area contributed by atoms with Crippen LogP contribution >= 0.6 is 0 Å². The van der Waals surface area contributed by atoms with Gasteiger partial charge in [-0.25, -0.2) is 9.59 Å². The molecule has 6 nitrogen and oxygen atoms in total. The number of hydrogen-bond acceptors (Lipinski definition) is 3. The summed E-state index contributed by atoms with van der Waals surface area (Å²) in [4.78, 5) is 27.4. The van der Waals surface area contributed by atoms with Crippen LogP contribution in [0.5, 0.6) is 0 Å². The fourth-order valence-corrected chi connectivity index (χ4v) is 2.82. The molecule has 1 aromatic rings. The van der Waals surface area contributed by atoms with Crippen LogP contribution < -0.4 is 5.32 Å². The molecule has 0 spiro atoms. The van der Waals surface area contributed by atoms with Gasteiger partial charge in [0.05, 0.1) is 6.61 Å². The monoisotopic (exact) mass is 333 g/mol. The van der Waals surface area contributed by atoms with Gasteiger partial charge in [-0.1, -0.05) is 24.3 Å². The number of amides is 3. The van der Waals surface area contributed by atoms with Crippen LogP contribution in [0.4, 0.5) is 9.59 Å². The van der Waals surface area contributed by atoms with Gasteiger partial charge in [-0.2, -0.15) is 0 Å². The molecule has 0 aromatic heterocycles. The number of hydrogen-bond donors (Lipinski definition) is 1. The third kappa shape index (κ3) is 4.88. The number of nitrogens with zero attached hydrogens (tertiary/aromatic N) is 2. The summed E-state index contributed by atoms with van der Waals surface area (Å²) in [6, 6.07) is 8.09. The van der Waals surface area contributed by atoms with Crippen molar-refractivity contribution < 1.29 is 14.3 Å². The minimum absolute atomic E-state index is 0.0761. The maximum absolute atomic E-state index is 12.4. The molecule has 1 aliphatic rings. The number of rotatable bonds is 4. The molecule has 0 radical (unpaired) electrons. The van der Waals surface area contributed by atoms with E-state index in [1.165, 1.54) is 5.56 Å². The molecule has 0 unspecified atom stereocenters. The Labute approximate surface area is 143 Å². The molecule has 1 heterocycles. The predicted octanol–water partition coefficient (Wildman–Crippen LogP) is 2.76. The van der Waals surface area contributed by atoms with Crippen molar-refractivity contribution >= 4 is 12.1 Å². The van der Waals surface area contributed by atoms with Crippen LogP contribution in [-0.2, 0) is 11.3 Å². The van der Waals surface area contributed by atoms with Gasteiger partial charge in [-0.3, -0.25) is 0 Å². The molecule has 0 saturated carbocycles. The Bertz CT molecular complexity index is 568. The van der Waals surface area contributed by atoms with Gasteiger partial charge in [0.25, 0.3) is 0 Å². The van der Waals surface area contributed by atoms with Crippen molar-refractivity contribution in [3.8, 4) is 0 Å². The average Bonchev–Trinajstić information content (AvgIpc) is 2.57. The van der Waals surface area contributed by atoms with Crippen LogP contribution in [0, 0.1) is 6.92 Å². The molecular weight excluding hydrogens is 306 g/mol. The second-order valence-corrected chi connectivity index (χ2v) is 6.19. The molecule has 6 heteroatoms. The number of ether oxygens (including phenoxy) is 1. The van der Waals surface area contributed by atoms with Crippen molar-refractivity contribution in [1.29, 1.82) is 0 Å². The number of carbonyl (C=O) groups excluding carboxylic acids is 2. The molecule has 1 N–H and O–H groups in total. The number of urea groups is 1. The van der Waals surface area contributed by atoms with Crippen molar-refractivity contribution in [3.05, 3.63) is 35.4 Å². The van der Waals surface area contributed by atoms with Crippen LogP contribution in [0.25, 0.3) is 0 Å². The average molecular weight is 333 g/mol. The van der Waals surface area contributed by atoms with Crippen LogP contribution in [0.15, 0.2) is 24.3 Å². The summed E-state index contributed by atoms with van der Waals surface area (Å²) >= 11 is 0. The zero-order valence-electron chi connectivity index (χ0n) is 14.7. The lowest BCUT2D eigenvalue weighted by molar-refractivity contribution is 0.0952. The first-order valence-electron chi connectivity index (χ1n) is 8.49. The number of carbonyl (C=O) groups is 2. The normalized spacial score (nSPS) is 15.0. The summed E-state index contributed by atoms with van der Waals surface area (Å²) in [6.07, 6.45) is 1.24. The van der Waals surface area contributed by atoms with Gasteiger partial charge < -0.3 is 19.9 Å². The number of benzene rings is 1. The number of piperidine rings is 1. The maximum Gasteiger partial charge on any atom is 0.409 e. The van der Waals surface area contributed by atoms with Gasteiger partial charge in [0.2, 0.25) is 0 Å². The van der Waals surface area contributed by atoms with Crippen molar-refractivity contribution in [2.45, 2.75) is 39.3 Å². The number of likely N-dealkylation sites (tertiary alicyclic amines) is 1. The van der Waals surface area contributed by atoms with E-state index < -0.39 is 0 Å². The first-order chi connectivity index (χ1) is 11.5. The van der Waals surface area contributed by atoms with Gasteiger partial charge in [0.15, 0.2) is 0 Å². The Morgan fingerprint density at radius 3 is 2.58 bits per heavy atom. The molecule has 0 atom stereocenters. The Hall–Kier alpha value is -2.24. The highest BCUT2D eigenvalue weighted by Crippen LogP contribution is 2.13. The maximum atomic E-state index is 12.4. The zero-order chi connectivity index (χ0) is 17.5. The third-order valence-electron chi connectivity index (χ3n) is 4.36. The first-order valence-corrected chi connectivity index (χ1v) is 8.49. The lowest BCUT2D eigenvalue weighted by Crippen LogP contribution is -2.49. The smallest absolute Gasteiger partial charge is 0.409 e. The third-order valence-corrected chi connectivity index (χ3v) is 4.36. The van der Waals surface area contributed by atoms with Gasteiger partial charge in [-0.05, 0) is 37.8 Å². The van der Waals surface area contributed by atoms with E-state index in [1.54, 1.807) is 23.8 Å². The minimum atomic E-state index is -0.265. The van der Waals surface area contributed by atoms with E-state index in [4.69, 9.17) is 4.74 Å². The highest BCUT2D eigenvalue weighted by Gasteiger charge is 2.25. The SMILES string of the molecule is CCOC(=O)N1CCC(NC(=O)N(C)Cc2ccccc2C)CC1. The number of aryl methyl sites for hydroxylation is 1. The van der Waals surface area contributed by atoms with Crippen molar-refractivity contribution in [2.24, 2.45) is 0 Å². The summed E-state index contributed by atoms with van der Waals surface area (Å²) in [5.74, 6) is 0. The fourth-order valence-electron chi connectivity index (χ4n) is 2.82. The van der Waals surface area contributed by atoms with E-state index >= 15 is 0 Å². The van der Waals surface area contributed by atoms with Gasteiger partial charge in [-0.15, -0.1) is 0 Å². The van der Waals surface area contributed by atoms with Crippen LogP contribution in [0.1, 0.15) is 30.9 Å². The van der Waals surface area contributed by atoms with E-state index in [-0.39, 0.29) is 18.2 Å². The largest absolute Gasteiger partial charge is 0.450 e. The van der Waals surface area contributed by atoms with Gasteiger partial charge in [0.1, 0.15) is 0 Å². The van der Waals surface area contributed by atoms with Crippen molar-refractivity contribution in [3.63, 3.8) is 0 Å². The second-order valence-electron chi connectivity index (χ2n) is 6.19.